The lowest BCUT2D eigenvalue weighted by atomic mass is 10.0. The monoisotopic (exact) mass is 192 g/mol. The molecule has 14 heavy (non-hydrogen) atoms. The third-order valence-electron chi connectivity index (χ3n) is 1.86. The Labute approximate surface area is 82.3 Å². The minimum atomic E-state index is -0.919. The molecule has 0 heterocycles. The van der Waals surface area contributed by atoms with Gasteiger partial charge in [0, 0.05) is 0 Å². The van der Waals surface area contributed by atoms with Crippen molar-refractivity contribution in [2.24, 2.45) is 0 Å². The summed E-state index contributed by atoms with van der Waals surface area (Å²) in [5, 5.41) is 17.4. The summed E-state index contributed by atoms with van der Waals surface area (Å²) in [7, 11) is 0. The van der Waals surface area contributed by atoms with E-state index in [1.807, 2.05) is 0 Å². The Hall–Kier alpha value is -1.61. The lowest BCUT2D eigenvalue weighted by molar-refractivity contribution is 0.0696. The van der Waals surface area contributed by atoms with Gasteiger partial charge in [-0.05, 0) is 18.1 Å². The second kappa shape index (κ2) is 5.19. The van der Waals surface area contributed by atoms with Crippen LogP contribution >= 0.6 is 0 Å². The van der Waals surface area contributed by atoms with Crippen LogP contribution in [0.3, 0.4) is 0 Å². The van der Waals surface area contributed by atoms with Gasteiger partial charge in [0.25, 0.3) is 0 Å². The molecule has 3 heteroatoms. The first-order chi connectivity index (χ1) is 6.75. The zero-order chi connectivity index (χ0) is 10.4. The number of hydrogen-bond donors (Lipinski definition) is 2. The van der Waals surface area contributed by atoms with Crippen LogP contribution in [-0.2, 0) is 6.42 Å². The molecule has 3 nitrogen and oxygen atoms in total. The largest absolute Gasteiger partial charge is 0.478 e. The molecule has 0 unspecified atom stereocenters. The third-order valence-corrected chi connectivity index (χ3v) is 1.86. The third kappa shape index (κ3) is 2.71. The highest BCUT2D eigenvalue weighted by Crippen LogP contribution is 2.09. The maximum atomic E-state index is 10.8. The first-order valence-electron chi connectivity index (χ1n) is 4.32. The summed E-state index contributed by atoms with van der Waals surface area (Å²) in [4.78, 5) is 10.8. The average molecular weight is 192 g/mol. The summed E-state index contributed by atoms with van der Waals surface area (Å²) in [5.74, 6) is -0.919. The van der Waals surface area contributed by atoms with Gasteiger partial charge in [0.2, 0.25) is 0 Å². The van der Waals surface area contributed by atoms with Crippen molar-refractivity contribution in [2.45, 2.75) is 6.42 Å². The van der Waals surface area contributed by atoms with Gasteiger partial charge in [-0.25, -0.2) is 4.79 Å². The molecule has 0 saturated carbocycles. The Bertz CT molecular complexity index is 342. The minimum absolute atomic E-state index is 0.0186. The van der Waals surface area contributed by atoms with Gasteiger partial charge >= 0.3 is 5.97 Å². The average Bonchev–Trinajstić information content (AvgIpc) is 2.19. The topological polar surface area (TPSA) is 57.5 Å². The number of aliphatic hydroxyl groups is 1. The van der Waals surface area contributed by atoms with Gasteiger partial charge in [0.05, 0.1) is 12.2 Å². The molecular weight excluding hydrogens is 180 g/mol. The minimum Gasteiger partial charge on any atom is -0.478 e. The molecule has 0 bridgehead atoms. The summed E-state index contributed by atoms with van der Waals surface area (Å²) in [6.07, 6.45) is 3.88. The van der Waals surface area contributed by atoms with E-state index in [4.69, 9.17) is 10.2 Å². The van der Waals surface area contributed by atoms with Crippen molar-refractivity contribution in [3.8, 4) is 0 Å². The fourth-order valence-corrected chi connectivity index (χ4v) is 1.19. The van der Waals surface area contributed by atoms with Gasteiger partial charge in [0.1, 0.15) is 0 Å². The molecule has 2 N–H and O–H groups in total. The van der Waals surface area contributed by atoms with Crippen molar-refractivity contribution in [1.82, 2.24) is 0 Å². The predicted molar refractivity (Wildman–Crippen MR) is 53.3 cm³/mol. The van der Waals surface area contributed by atoms with Gasteiger partial charge in [-0.3, -0.25) is 0 Å². The Morgan fingerprint density at radius 3 is 2.64 bits per heavy atom. The zero-order valence-electron chi connectivity index (χ0n) is 7.68. The number of hydrogen-bond acceptors (Lipinski definition) is 2. The summed E-state index contributed by atoms with van der Waals surface area (Å²) in [5.41, 5.74) is 1.07. The fraction of sp³-hybridized carbons (Fsp3) is 0.182. The van der Waals surface area contributed by atoms with E-state index < -0.39 is 5.97 Å². The number of carboxylic acid groups (broad SMARTS) is 1. The van der Waals surface area contributed by atoms with Crippen molar-refractivity contribution < 1.29 is 15.0 Å². The quantitative estimate of drug-likeness (QED) is 0.710. The highest BCUT2D eigenvalue weighted by atomic mass is 16.4. The van der Waals surface area contributed by atoms with Crippen molar-refractivity contribution in [3.63, 3.8) is 0 Å². The van der Waals surface area contributed by atoms with Crippen LogP contribution in [0, 0.1) is 0 Å². The molecule has 0 aliphatic rings. The summed E-state index contributed by atoms with van der Waals surface area (Å²) in [6.45, 7) is -0.0186. The predicted octanol–water partition coefficient (Wildman–Crippen LogP) is 1.48. The Morgan fingerprint density at radius 1 is 1.29 bits per heavy atom. The number of benzene rings is 1. The zero-order valence-corrected chi connectivity index (χ0v) is 7.68. The molecule has 0 aliphatic heterocycles. The molecule has 0 spiro atoms. The van der Waals surface area contributed by atoms with Gasteiger partial charge in [0.15, 0.2) is 0 Å². The van der Waals surface area contributed by atoms with E-state index in [1.54, 1.807) is 36.4 Å². The first kappa shape index (κ1) is 10.5. The van der Waals surface area contributed by atoms with E-state index in [9.17, 15) is 4.79 Å². The van der Waals surface area contributed by atoms with E-state index in [1.165, 1.54) is 0 Å². The van der Waals surface area contributed by atoms with Crippen LogP contribution in [0.1, 0.15) is 15.9 Å². The normalized spacial score (nSPS) is 10.6. The van der Waals surface area contributed by atoms with Crippen molar-refractivity contribution >= 4 is 5.97 Å². The lowest BCUT2D eigenvalue weighted by Gasteiger charge is -2.01. The number of allylic oxidation sites excluding steroid dienone is 1. The van der Waals surface area contributed by atoms with E-state index in [0.29, 0.717) is 12.0 Å². The van der Waals surface area contributed by atoms with E-state index >= 15 is 0 Å². The highest BCUT2D eigenvalue weighted by Gasteiger charge is 2.06. The van der Waals surface area contributed by atoms with Crippen LogP contribution in [0.25, 0.3) is 0 Å². The summed E-state index contributed by atoms with van der Waals surface area (Å²) in [6, 6.07) is 6.84. The smallest absolute Gasteiger partial charge is 0.335 e. The molecule has 0 radical (unpaired) electrons. The fourth-order valence-electron chi connectivity index (χ4n) is 1.19. The van der Waals surface area contributed by atoms with Gasteiger partial charge in [-0.2, -0.15) is 0 Å². The van der Waals surface area contributed by atoms with Crippen LogP contribution in [0.5, 0.6) is 0 Å². The maximum absolute atomic E-state index is 10.8. The molecule has 0 aliphatic carbocycles. The molecule has 0 aromatic heterocycles. The number of carbonyl (C=O) groups is 1. The van der Waals surface area contributed by atoms with Crippen molar-refractivity contribution in [2.75, 3.05) is 6.61 Å². The second-order valence-corrected chi connectivity index (χ2v) is 2.82. The molecular formula is C11H12O3. The molecule has 0 amide bonds. The van der Waals surface area contributed by atoms with Crippen molar-refractivity contribution in [3.05, 3.63) is 47.5 Å². The molecule has 0 atom stereocenters. The first-order valence-corrected chi connectivity index (χ1v) is 4.32. The molecule has 0 fully saturated rings. The molecule has 1 rings (SSSR count). The van der Waals surface area contributed by atoms with Crippen LogP contribution in [0.2, 0.25) is 0 Å². The molecule has 1 aromatic rings. The van der Waals surface area contributed by atoms with Crippen LogP contribution in [0.4, 0.5) is 0 Å². The standard InChI is InChI=1S/C11H12O3/c12-8-4-3-6-9-5-1-2-7-10(9)11(13)14/h1-5,7,12H,6,8H2,(H,13,14)/b4-3+. The number of aromatic carboxylic acids is 1. The number of carboxylic acids is 1. The molecule has 0 saturated heterocycles. The molecule has 74 valence electrons. The van der Waals surface area contributed by atoms with E-state index in [-0.39, 0.29) is 6.61 Å². The van der Waals surface area contributed by atoms with Crippen LogP contribution in [0.15, 0.2) is 36.4 Å². The number of rotatable bonds is 4. The lowest BCUT2D eigenvalue weighted by Crippen LogP contribution is -2.01. The summed E-state index contributed by atoms with van der Waals surface area (Å²) >= 11 is 0. The molecule has 1 aromatic carbocycles. The van der Waals surface area contributed by atoms with Crippen molar-refractivity contribution in [1.29, 1.82) is 0 Å². The van der Waals surface area contributed by atoms with E-state index in [0.717, 1.165) is 5.56 Å². The van der Waals surface area contributed by atoms with Gasteiger partial charge in [-0.15, -0.1) is 0 Å². The van der Waals surface area contributed by atoms with Crippen LogP contribution < -0.4 is 0 Å². The Kier molecular flexibility index (Phi) is 3.88. The van der Waals surface area contributed by atoms with Gasteiger partial charge in [-0.1, -0.05) is 30.4 Å². The van der Waals surface area contributed by atoms with Gasteiger partial charge < -0.3 is 10.2 Å². The van der Waals surface area contributed by atoms with Crippen LogP contribution in [-0.4, -0.2) is 22.8 Å². The highest BCUT2D eigenvalue weighted by molar-refractivity contribution is 5.89. The Balaban J connectivity index is 2.84. The summed E-state index contributed by atoms with van der Waals surface area (Å²) < 4.78 is 0. The van der Waals surface area contributed by atoms with E-state index in [2.05, 4.69) is 0 Å². The Morgan fingerprint density at radius 2 is 2.00 bits per heavy atom. The second-order valence-electron chi connectivity index (χ2n) is 2.82. The number of aliphatic hydroxyl groups excluding tert-OH is 1. The maximum Gasteiger partial charge on any atom is 0.335 e. The SMILES string of the molecule is O=C(O)c1ccccc1C/C=C/CO.